The highest BCUT2D eigenvalue weighted by Crippen LogP contribution is 2.22. The number of amides is 2. The second-order valence-corrected chi connectivity index (χ2v) is 6.58. The van der Waals surface area contributed by atoms with Crippen molar-refractivity contribution in [2.75, 3.05) is 6.54 Å². The second kappa shape index (κ2) is 8.13. The number of carbonyl (C=O) groups excluding carboxylic acids is 2. The zero-order valence-electron chi connectivity index (χ0n) is 15.4. The minimum atomic E-state index is -5.07. The maximum absolute atomic E-state index is 12.9. The van der Waals surface area contributed by atoms with Crippen molar-refractivity contribution in [2.24, 2.45) is 0 Å². The summed E-state index contributed by atoms with van der Waals surface area (Å²) in [4.78, 5) is 40.3. The summed E-state index contributed by atoms with van der Waals surface area (Å²) in [6, 6.07) is 5.35. The number of fused-ring (bicyclic) bond motifs is 1. The molecule has 1 aliphatic heterocycles. The molecule has 8 nitrogen and oxygen atoms in total. The van der Waals surface area contributed by atoms with Gasteiger partial charge in [-0.25, -0.2) is 9.37 Å². The minimum Gasteiger partial charge on any atom is -0.502 e. The molecule has 0 bridgehead atoms. The number of rotatable bonds is 4. The normalized spacial score (nSPS) is 13.7. The van der Waals surface area contributed by atoms with E-state index in [-0.39, 0.29) is 31.2 Å². The van der Waals surface area contributed by atoms with Crippen molar-refractivity contribution < 1.29 is 32.3 Å². The van der Waals surface area contributed by atoms with Gasteiger partial charge in [-0.3, -0.25) is 19.0 Å². The molecule has 1 aliphatic rings. The van der Waals surface area contributed by atoms with Gasteiger partial charge in [0.25, 0.3) is 5.56 Å². The Kier molecular flexibility index (Phi) is 5.76. The van der Waals surface area contributed by atoms with Crippen LogP contribution in [0.3, 0.4) is 0 Å². The van der Waals surface area contributed by atoms with E-state index in [1.807, 2.05) is 0 Å². The van der Waals surface area contributed by atoms with Gasteiger partial charge in [0.05, 0.1) is 18.7 Å². The van der Waals surface area contributed by atoms with Crippen LogP contribution in [-0.4, -0.2) is 44.1 Å². The predicted molar refractivity (Wildman–Crippen MR) is 93.6 cm³/mol. The summed E-state index contributed by atoms with van der Waals surface area (Å²) in [5, 5.41) is 12.6. The van der Waals surface area contributed by atoms with E-state index in [1.165, 1.54) is 24.3 Å². The molecule has 0 aliphatic carbocycles. The highest BCUT2D eigenvalue weighted by Gasteiger charge is 2.43. The van der Waals surface area contributed by atoms with Crippen LogP contribution in [0.15, 0.2) is 29.1 Å². The van der Waals surface area contributed by atoms with E-state index in [1.54, 1.807) is 0 Å². The molecule has 1 aromatic carbocycles. The monoisotopic (exact) mass is 428 g/mol. The second-order valence-electron chi connectivity index (χ2n) is 6.58. The van der Waals surface area contributed by atoms with Gasteiger partial charge in [-0.15, -0.1) is 0 Å². The Balaban J connectivity index is 1.74. The summed E-state index contributed by atoms with van der Waals surface area (Å²) in [6.07, 6.45) is -5.58. The third kappa shape index (κ3) is 4.58. The Morgan fingerprint density at radius 2 is 1.83 bits per heavy atom. The highest BCUT2D eigenvalue weighted by molar-refractivity contribution is 5.82. The van der Waals surface area contributed by atoms with Crippen molar-refractivity contribution in [3.63, 3.8) is 0 Å². The Morgan fingerprint density at radius 3 is 2.47 bits per heavy atom. The molecule has 0 unspecified atom stereocenters. The zero-order chi connectivity index (χ0) is 22.1. The number of alkyl halides is 3. The molecule has 160 valence electrons. The van der Waals surface area contributed by atoms with Gasteiger partial charge in [-0.05, 0) is 17.7 Å². The van der Waals surface area contributed by atoms with Crippen LogP contribution in [0.2, 0.25) is 0 Å². The van der Waals surface area contributed by atoms with Gasteiger partial charge >= 0.3 is 12.1 Å². The lowest BCUT2D eigenvalue weighted by Gasteiger charge is -2.29. The molecule has 0 radical (unpaired) electrons. The molecule has 1 aromatic heterocycles. The first-order chi connectivity index (χ1) is 14.1. The fraction of sp³-hybridized carbons (Fsp3) is 0.333. The third-order valence-corrected chi connectivity index (χ3v) is 4.48. The first-order valence-corrected chi connectivity index (χ1v) is 8.75. The molecule has 2 N–H and O–H groups in total. The molecule has 0 spiro atoms. The van der Waals surface area contributed by atoms with Gasteiger partial charge in [0.2, 0.25) is 11.7 Å². The molecular formula is C18H16F4N4O4. The van der Waals surface area contributed by atoms with E-state index in [0.29, 0.717) is 10.5 Å². The smallest absolute Gasteiger partial charge is 0.471 e. The quantitative estimate of drug-likeness (QED) is 0.703. The number of nitrogens with zero attached hydrogens (tertiary/aromatic N) is 3. The number of aromatic nitrogens is 2. The van der Waals surface area contributed by atoms with Gasteiger partial charge < -0.3 is 15.3 Å². The molecule has 2 heterocycles. The topological polar surface area (TPSA) is 105 Å². The molecule has 3 rings (SSSR count). The van der Waals surface area contributed by atoms with Crippen molar-refractivity contribution in [1.82, 2.24) is 19.8 Å². The number of hydrogen-bond acceptors (Lipinski definition) is 5. The molecule has 0 atom stereocenters. The molecule has 0 saturated heterocycles. The standard InChI is InChI=1S/C18H16F4N4O4/c19-11-3-1-10(2-4-11)8-23-14(27)7-12-15(28)16(29)26-6-5-25(9-13(26)24-12)17(30)18(20,21)22/h1-4,28H,5-9H2,(H,23,27). The molecule has 0 saturated carbocycles. The Hall–Kier alpha value is -3.44. The van der Waals surface area contributed by atoms with Crippen molar-refractivity contribution in [3.05, 3.63) is 57.5 Å². The van der Waals surface area contributed by atoms with Crippen molar-refractivity contribution in [1.29, 1.82) is 0 Å². The molecule has 2 aromatic rings. The summed E-state index contributed by atoms with van der Waals surface area (Å²) in [6.45, 7) is -1.17. The molecule has 0 fully saturated rings. The molecular weight excluding hydrogens is 412 g/mol. The average Bonchev–Trinajstić information content (AvgIpc) is 2.69. The first kappa shape index (κ1) is 21.3. The van der Waals surface area contributed by atoms with Crippen LogP contribution in [0, 0.1) is 5.82 Å². The van der Waals surface area contributed by atoms with Crippen LogP contribution in [0.1, 0.15) is 17.1 Å². The van der Waals surface area contributed by atoms with Gasteiger partial charge in [0.1, 0.15) is 11.6 Å². The van der Waals surface area contributed by atoms with E-state index in [0.717, 1.165) is 4.57 Å². The maximum atomic E-state index is 12.9. The summed E-state index contributed by atoms with van der Waals surface area (Å²) in [7, 11) is 0. The van der Waals surface area contributed by atoms with Crippen LogP contribution in [0.5, 0.6) is 5.75 Å². The number of hydrogen-bond donors (Lipinski definition) is 2. The zero-order valence-corrected chi connectivity index (χ0v) is 15.4. The lowest BCUT2D eigenvalue weighted by atomic mass is 10.2. The number of carbonyl (C=O) groups is 2. The summed E-state index contributed by atoms with van der Waals surface area (Å²) >= 11 is 0. The Morgan fingerprint density at radius 1 is 1.17 bits per heavy atom. The average molecular weight is 428 g/mol. The van der Waals surface area contributed by atoms with E-state index < -0.39 is 48.1 Å². The van der Waals surface area contributed by atoms with Gasteiger partial charge in [0, 0.05) is 19.6 Å². The summed E-state index contributed by atoms with van der Waals surface area (Å²) in [5.41, 5.74) is -0.613. The molecule has 30 heavy (non-hydrogen) atoms. The highest BCUT2D eigenvalue weighted by atomic mass is 19.4. The van der Waals surface area contributed by atoms with Crippen LogP contribution in [-0.2, 0) is 35.6 Å². The van der Waals surface area contributed by atoms with Crippen LogP contribution >= 0.6 is 0 Å². The molecule has 12 heteroatoms. The lowest BCUT2D eigenvalue weighted by molar-refractivity contribution is -0.187. The number of halogens is 4. The Labute approximate surface area is 166 Å². The minimum absolute atomic E-state index is 0.0532. The largest absolute Gasteiger partial charge is 0.502 e. The fourth-order valence-corrected chi connectivity index (χ4v) is 2.95. The maximum Gasteiger partial charge on any atom is 0.471 e. The van der Waals surface area contributed by atoms with E-state index >= 15 is 0 Å². The van der Waals surface area contributed by atoms with Crippen molar-refractivity contribution >= 4 is 11.8 Å². The van der Waals surface area contributed by atoms with Gasteiger partial charge in [-0.2, -0.15) is 13.2 Å². The Bertz CT molecular complexity index is 1030. The van der Waals surface area contributed by atoms with E-state index in [2.05, 4.69) is 10.3 Å². The SMILES string of the molecule is O=C(Cc1nc2n(c(=O)c1O)CCN(C(=O)C(F)(F)F)C2)NCc1ccc(F)cc1. The lowest BCUT2D eigenvalue weighted by Crippen LogP contribution is -2.47. The predicted octanol–water partition coefficient (Wildman–Crippen LogP) is 0.851. The van der Waals surface area contributed by atoms with Gasteiger partial charge in [0.15, 0.2) is 0 Å². The van der Waals surface area contributed by atoms with Crippen LogP contribution in [0.4, 0.5) is 17.6 Å². The first-order valence-electron chi connectivity index (χ1n) is 8.75. The van der Waals surface area contributed by atoms with E-state index in [9.17, 15) is 37.1 Å². The van der Waals surface area contributed by atoms with Gasteiger partial charge in [-0.1, -0.05) is 12.1 Å². The van der Waals surface area contributed by atoms with E-state index in [4.69, 9.17) is 0 Å². The number of aromatic hydroxyl groups is 1. The van der Waals surface area contributed by atoms with Crippen molar-refractivity contribution in [3.8, 4) is 5.75 Å². The summed E-state index contributed by atoms with van der Waals surface area (Å²) < 4.78 is 51.8. The fourth-order valence-electron chi connectivity index (χ4n) is 2.95. The van der Waals surface area contributed by atoms with Crippen molar-refractivity contribution in [2.45, 2.75) is 32.2 Å². The summed E-state index contributed by atoms with van der Waals surface area (Å²) in [5.74, 6) is -4.07. The number of benzene rings is 1. The van der Waals surface area contributed by atoms with Crippen LogP contribution in [0.25, 0.3) is 0 Å². The molecule has 2 amide bonds. The van der Waals surface area contributed by atoms with Crippen LogP contribution < -0.4 is 10.9 Å². The third-order valence-electron chi connectivity index (χ3n) is 4.48. The number of nitrogens with one attached hydrogen (secondary N) is 1.